The molecular formula is C18H19N7. The van der Waals surface area contributed by atoms with Crippen molar-refractivity contribution in [1.82, 2.24) is 29.7 Å². The molecule has 7 nitrogen and oxygen atoms in total. The first-order valence-corrected chi connectivity index (χ1v) is 8.24. The van der Waals surface area contributed by atoms with Gasteiger partial charge in [-0.1, -0.05) is 0 Å². The van der Waals surface area contributed by atoms with Crippen LogP contribution in [-0.2, 0) is 13.0 Å². The van der Waals surface area contributed by atoms with E-state index in [1.165, 1.54) is 5.56 Å². The van der Waals surface area contributed by atoms with E-state index in [2.05, 4.69) is 36.4 Å². The van der Waals surface area contributed by atoms with E-state index in [1.807, 2.05) is 49.5 Å². The van der Waals surface area contributed by atoms with Crippen LogP contribution >= 0.6 is 0 Å². The topological polar surface area (TPSA) is 84.3 Å². The first-order chi connectivity index (χ1) is 12.2. The standard InChI is InChI=1S/C18H19N7/c1-3-25-11-15(10-23-25)24-18-21-7-13(8-22-18)5-14-9-20-17-16(14)4-12(2)6-19-17/h4,6-11H,3,5H2,1-2H3,(H,19,20)(H,21,22,24). The summed E-state index contributed by atoms with van der Waals surface area (Å²) >= 11 is 0. The molecule has 0 spiro atoms. The van der Waals surface area contributed by atoms with E-state index in [1.54, 1.807) is 6.20 Å². The van der Waals surface area contributed by atoms with E-state index < -0.39 is 0 Å². The van der Waals surface area contributed by atoms with Crippen molar-refractivity contribution in [3.05, 3.63) is 59.9 Å². The fraction of sp³-hybridized carbons (Fsp3) is 0.222. The van der Waals surface area contributed by atoms with Crippen molar-refractivity contribution >= 4 is 22.7 Å². The minimum Gasteiger partial charge on any atom is -0.346 e. The van der Waals surface area contributed by atoms with Crippen LogP contribution in [0.25, 0.3) is 11.0 Å². The first-order valence-electron chi connectivity index (χ1n) is 8.24. The van der Waals surface area contributed by atoms with E-state index in [0.717, 1.165) is 40.8 Å². The van der Waals surface area contributed by atoms with Gasteiger partial charge in [0, 0.05) is 49.3 Å². The summed E-state index contributed by atoms with van der Waals surface area (Å²) in [7, 11) is 0. The highest BCUT2D eigenvalue weighted by Crippen LogP contribution is 2.20. The van der Waals surface area contributed by atoms with Gasteiger partial charge in [0.2, 0.25) is 5.95 Å². The van der Waals surface area contributed by atoms with Gasteiger partial charge in [0.05, 0.1) is 11.9 Å². The van der Waals surface area contributed by atoms with Crippen LogP contribution in [0.4, 0.5) is 11.6 Å². The first kappa shape index (κ1) is 15.3. The van der Waals surface area contributed by atoms with Crippen molar-refractivity contribution in [2.45, 2.75) is 26.8 Å². The second-order valence-corrected chi connectivity index (χ2v) is 6.02. The molecule has 0 unspecified atom stereocenters. The molecule has 0 radical (unpaired) electrons. The van der Waals surface area contributed by atoms with Crippen molar-refractivity contribution in [3.8, 4) is 0 Å². The maximum Gasteiger partial charge on any atom is 0.227 e. The van der Waals surface area contributed by atoms with Crippen molar-refractivity contribution in [3.63, 3.8) is 0 Å². The Hall–Kier alpha value is -3.22. The third-order valence-electron chi connectivity index (χ3n) is 4.07. The lowest BCUT2D eigenvalue weighted by Gasteiger charge is -2.04. The van der Waals surface area contributed by atoms with Gasteiger partial charge in [0.1, 0.15) is 5.65 Å². The van der Waals surface area contributed by atoms with E-state index in [0.29, 0.717) is 5.95 Å². The van der Waals surface area contributed by atoms with Crippen molar-refractivity contribution < 1.29 is 0 Å². The summed E-state index contributed by atoms with van der Waals surface area (Å²) in [6.07, 6.45) is 12.0. The van der Waals surface area contributed by atoms with Crippen LogP contribution in [0.1, 0.15) is 23.6 Å². The summed E-state index contributed by atoms with van der Waals surface area (Å²) < 4.78 is 1.85. The molecule has 2 N–H and O–H groups in total. The number of aryl methyl sites for hydroxylation is 2. The molecule has 25 heavy (non-hydrogen) atoms. The second-order valence-electron chi connectivity index (χ2n) is 6.02. The molecule has 0 aliphatic rings. The molecule has 0 bridgehead atoms. The van der Waals surface area contributed by atoms with Crippen LogP contribution in [0, 0.1) is 6.92 Å². The Morgan fingerprint density at radius 1 is 1.12 bits per heavy atom. The van der Waals surface area contributed by atoms with Crippen LogP contribution in [0.3, 0.4) is 0 Å². The second kappa shape index (κ2) is 6.35. The molecule has 0 fully saturated rings. The Kier molecular flexibility index (Phi) is 3.89. The van der Waals surface area contributed by atoms with Gasteiger partial charge in [-0.25, -0.2) is 15.0 Å². The SMILES string of the molecule is CCn1cc(Nc2ncc(Cc3c[nH]c4ncc(C)cc34)cn2)cn1. The number of nitrogens with zero attached hydrogens (tertiary/aromatic N) is 5. The summed E-state index contributed by atoms with van der Waals surface area (Å²) in [5, 5.41) is 8.53. The van der Waals surface area contributed by atoms with Gasteiger partial charge in [0.15, 0.2) is 0 Å². The summed E-state index contributed by atoms with van der Waals surface area (Å²) in [6.45, 7) is 4.93. The molecule has 0 aromatic carbocycles. The van der Waals surface area contributed by atoms with Gasteiger partial charge in [-0.2, -0.15) is 5.10 Å². The maximum absolute atomic E-state index is 4.41. The van der Waals surface area contributed by atoms with Crippen molar-refractivity contribution in [2.75, 3.05) is 5.32 Å². The van der Waals surface area contributed by atoms with Crippen LogP contribution in [0.15, 0.2) is 43.2 Å². The number of hydrogen-bond donors (Lipinski definition) is 2. The van der Waals surface area contributed by atoms with Gasteiger partial charge < -0.3 is 10.3 Å². The number of hydrogen-bond acceptors (Lipinski definition) is 5. The fourth-order valence-electron chi connectivity index (χ4n) is 2.77. The number of H-pyrrole nitrogens is 1. The molecule has 126 valence electrons. The molecule has 4 aromatic rings. The summed E-state index contributed by atoms with van der Waals surface area (Å²) in [6, 6.07) is 2.15. The minimum atomic E-state index is 0.566. The lowest BCUT2D eigenvalue weighted by atomic mass is 10.1. The Morgan fingerprint density at radius 3 is 2.72 bits per heavy atom. The Bertz CT molecular complexity index is 998. The minimum absolute atomic E-state index is 0.566. The number of aromatic amines is 1. The zero-order valence-corrected chi connectivity index (χ0v) is 14.2. The van der Waals surface area contributed by atoms with Gasteiger partial charge in [0.25, 0.3) is 0 Å². The summed E-state index contributed by atoms with van der Waals surface area (Å²) in [5.74, 6) is 0.566. The maximum atomic E-state index is 4.41. The zero-order valence-electron chi connectivity index (χ0n) is 14.2. The van der Waals surface area contributed by atoms with E-state index in [4.69, 9.17) is 0 Å². The van der Waals surface area contributed by atoms with Gasteiger partial charge >= 0.3 is 0 Å². The van der Waals surface area contributed by atoms with E-state index in [9.17, 15) is 0 Å². The predicted octanol–water partition coefficient (Wildman–Crippen LogP) is 3.21. The highest BCUT2D eigenvalue weighted by atomic mass is 15.3. The predicted molar refractivity (Wildman–Crippen MR) is 96.9 cm³/mol. The molecule has 7 heteroatoms. The number of rotatable bonds is 5. The number of nitrogens with one attached hydrogen (secondary N) is 2. The normalized spacial score (nSPS) is 11.1. The van der Waals surface area contributed by atoms with E-state index in [-0.39, 0.29) is 0 Å². The number of anilines is 2. The van der Waals surface area contributed by atoms with E-state index >= 15 is 0 Å². The van der Waals surface area contributed by atoms with Gasteiger partial charge in [-0.05, 0) is 36.6 Å². The molecule has 0 aliphatic carbocycles. The largest absolute Gasteiger partial charge is 0.346 e. The number of aromatic nitrogens is 6. The summed E-state index contributed by atoms with van der Waals surface area (Å²) in [4.78, 5) is 16.4. The summed E-state index contributed by atoms with van der Waals surface area (Å²) in [5.41, 5.74) is 5.19. The van der Waals surface area contributed by atoms with Crippen LogP contribution < -0.4 is 5.32 Å². The highest BCUT2D eigenvalue weighted by molar-refractivity contribution is 5.80. The third kappa shape index (κ3) is 3.21. The average molecular weight is 333 g/mol. The lowest BCUT2D eigenvalue weighted by Crippen LogP contribution is -1.98. The molecule has 4 rings (SSSR count). The fourth-order valence-corrected chi connectivity index (χ4v) is 2.77. The lowest BCUT2D eigenvalue weighted by molar-refractivity contribution is 0.660. The average Bonchev–Trinajstić information content (AvgIpc) is 3.24. The van der Waals surface area contributed by atoms with Gasteiger partial charge in [-0.3, -0.25) is 4.68 Å². The number of pyridine rings is 1. The molecule has 0 saturated heterocycles. The highest BCUT2D eigenvalue weighted by Gasteiger charge is 2.07. The Labute approximate surface area is 145 Å². The van der Waals surface area contributed by atoms with Crippen LogP contribution in [-0.4, -0.2) is 29.7 Å². The molecule has 0 amide bonds. The molecule has 0 aliphatic heterocycles. The van der Waals surface area contributed by atoms with Crippen LogP contribution in [0.5, 0.6) is 0 Å². The third-order valence-corrected chi connectivity index (χ3v) is 4.07. The molecule has 4 heterocycles. The quantitative estimate of drug-likeness (QED) is 0.586. The van der Waals surface area contributed by atoms with Gasteiger partial charge in [-0.15, -0.1) is 0 Å². The Balaban J connectivity index is 1.50. The molecule has 0 saturated carbocycles. The monoisotopic (exact) mass is 333 g/mol. The zero-order chi connectivity index (χ0) is 17.2. The van der Waals surface area contributed by atoms with Crippen molar-refractivity contribution in [1.29, 1.82) is 0 Å². The Morgan fingerprint density at radius 2 is 1.96 bits per heavy atom. The van der Waals surface area contributed by atoms with Crippen molar-refractivity contribution in [2.24, 2.45) is 0 Å². The van der Waals surface area contributed by atoms with Crippen LogP contribution in [0.2, 0.25) is 0 Å². The number of fused-ring (bicyclic) bond motifs is 1. The smallest absolute Gasteiger partial charge is 0.227 e. The molecule has 4 aromatic heterocycles. The molecular weight excluding hydrogens is 314 g/mol. The molecule has 0 atom stereocenters.